The summed E-state index contributed by atoms with van der Waals surface area (Å²) in [7, 11) is 0. The van der Waals surface area contributed by atoms with Crippen LogP contribution in [0.2, 0.25) is 0 Å². The summed E-state index contributed by atoms with van der Waals surface area (Å²) in [6.07, 6.45) is 1.56. The first kappa shape index (κ1) is 12.2. The summed E-state index contributed by atoms with van der Waals surface area (Å²) in [4.78, 5) is 0.602. The summed E-state index contributed by atoms with van der Waals surface area (Å²) in [5.74, 6) is -1.85. The first-order valence-electron chi connectivity index (χ1n) is 5.60. The normalized spacial score (nSPS) is 12.8. The van der Waals surface area contributed by atoms with E-state index in [1.165, 1.54) is 3.97 Å². The van der Waals surface area contributed by atoms with Crippen LogP contribution < -0.4 is 0 Å². The Labute approximate surface area is 111 Å². The summed E-state index contributed by atoms with van der Waals surface area (Å²) >= 11 is -1.48. The zero-order valence-corrected chi connectivity index (χ0v) is 10.5. The predicted molar refractivity (Wildman–Crippen MR) is 70.1 cm³/mol. The van der Waals surface area contributed by atoms with Gasteiger partial charge in [0.2, 0.25) is 0 Å². The van der Waals surface area contributed by atoms with E-state index in [1.807, 2.05) is 6.07 Å². The van der Waals surface area contributed by atoms with E-state index in [9.17, 15) is 13.3 Å². The Balaban J connectivity index is 2.13. The molecule has 0 bridgehead atoms. The first-order chi connectivity index (χ1) is 9.16. The van der Waals surface area contributed by atoms with Gasteiger partial charge in [-0.25, -0.2) is 8.78 Å². The molecule has 0 saturated heterocycles. The summed E-state index contributed by atoms with van der Waals surface area (Å²) < 4.78 is 40.2. The molecule has 19 heavy (non-hydrogen) atoms. The maximum absolute atomic E-state index is 13.3. The Morgan fingerprint density at radius 2 is 1.63 bits per heavy atom. The first-order valence-corrected chi connectivity index (χ1v) is 6.71. The van der Waals surface area contributed by atoms with Crippen molar-refractivity contribution >= 4 is 22.3 Å². The van der Waals surface area contributed by atoms with E-state index in [0.717, 1.165) is 12.1 Å². The minimum absolute atomic E-state index is 0.404. The molecule has 1 aromatic heterocycles. The number of halogens is 2. The van der Waals surface area contributed by atoms with Crippen LogP contribution in [0, 0.1) is 11.6 Å². The molecule has 0 aliphatic carbocycles. The maximum atomic E-state index is 13.3. The van der Waals surface area contributed by atoms with Gasteiger partial charge in [-0.05, 0) is 24.3 Å². The molecule has 1 unspecified atom stereocenters. The van der Waals surface area contributed by atoms with Crippen LogP contribution in [0.3, 0.4) is 0 Å². The van der Waals surface area contributed by atoms with Gasteiger partial charge in [-0.2, -0.15) is 3.97 Å². The number of nitrogens with zero attached hydrogens (tertiary/aromatic N) is 1. The SMILES string of the molecule is [O-][S+](c1ccccc1)n1ccc2cc(F)c(F)cc21. The van der Waals surface area contributed by atoms with Gasteiger partial charge in [0.05, 0.1) is 6.20 Å². The van der Waals surface area contributed by atoms with Crippen molar-refractivity contribution < 1.29 is 13.3 Å². The van der Waals surface area contributed by atoms with Gasteiger partial charge in [0, 0.05) is 11.5 Å². The molecular formula is C14H9F2NOS. The van der Waals surface area contributed by atoms with E-state index >= 15 is 0 Å². The van der Waals surface area contributed by atoms with Crippen molar-refractivity contribution in [1.82, 2.24) is 3.97 Å². The van der Waals surface area contributed by atoms with Crippen LogP contribution in [0.1, 0.15) is 0 Å². The fraction of sp³-hybridized carbons (Fsp3) is 0. The van der Waals surface area contributed by atoms with Crippen molar-refractivity contribution in [2.24, 2.45) is 0 Å². The average Bonchev–Trinajstić information content (AvgIpc) is 2.82. The number of fused-ring (bicyclic) bond motifs is 1. The van der Waals surface area contributed by atoms with Crippen LogP contribution in [-0.2, 0) is 11.4 Å². The highest BCUT2D eigenvalue weighted by atomic mass is 32.2. The highest BCUT2D eigenvalue weighted by molar-refractivity contribution is 7.90. The molecule has 0 amide bonds. The zero-order valence-electron chi connectivity index (χ0n) is 9.72. The minimum atomic E-state index is -1.48. The number of benzene rings is 2. The van der Waals surface area contributed by atoms with Crippen LogP contribution in [-0.4, -0.2) is 8.53 Å². The van der Waals surface area contributed by atoms with Crippen LogP contribution >= 0.6 is 0 Å². The second-order valence-corrected chi connectivity index (χ2v) is 5.39. The Bertz CT molecular complexity index is 727. The monoisotopic (exact) mass is 277 g/mol. The molecular weight excluding hydrogens is 268 g/mol. The third-order valence-corrected chi connectivity index (χ3v) is 4.17. The van der Waals surface area contributed by atoms with Gasteiger partial charge >= 0.3 is 0 Å². The second-order valence-electron chi connectivity index (χ2n) is 4.03. The van der Waals surface area contributed by atoms with Gasteiger partial charge in [-0.3, -0.25) is 0 Å². The lowest BCUT2D eigenvalue weighted by Gasteiger charge is -2.11. The molecule has 5 heteroatoms. The summed E-state index contributed by atoms with van der Waals surface area (Å²) in [5.41, 5.74) is 0.404. The number of hydrogen-bond acceptors (Lipinski definition) is 1. The third kappa shape index (κ3) is 2.11. The standard InChI is InChI=1S/C14H9F2NOS/c15-12-8-10-6-7-17(14(10)9-13(12)16)19(18)11-4-2-1-3-5-11/h1-9H. The summed E-state index contributed by atoms with van der Waals surface area (Å²) in [6, 6.07) is 12.6. The molecule has 3 rings (SSSR count). The van der Waals surface area contributed by atoms with Crippen molar-refractivity contribution in [3.63, 3.8) is 0 Å². The van der Waals surface area contributed by atoms with Gasteiger partial charge in [0.15, 0.2) is 16.5 Å². The van der Waals surface area contributed by atoms with Gasteiger partial charge in [-0.15, -0.1) is 0 Å². The fourth-order valence-electron chi connectivity index (χ4n) is 1.90. The molecule has 2 aromatic carbocycles. The predicted octanol–water partition coefficient (Wildman–Crippen LogP) is 3.49. The molecule has 1 heterocycles. The summed E-state index contributed by atoms with van der Waals surface area (Å²) in [5, 5.41) is 0.517. The molecule has 0 aliphatic heterocycles. The van der Waals surface area contributed by atoms with E-state index < -0.39 is 23.0 Å². The van der Waals surface area contributed by atoms with Crippen LogP contribution in [0.5, 0.6) is 0 Å². The Morgan fingerprint density at radius 3 is 2.37 bits per heavy atom. The van der Waals surface area contributed by atoms with E-state index in [-0.39, 0.29) is 0 Å². The van der Waals surface area contributed by atoms with E-state index in [4.69, 9.17) is 0 Å². The average molecular weight is 277 g/mol. The number of rotatable bonds is 2. The summed E-state index contributed by atoms with van der Waals surface area (Å²) in [6.45, 7) is 0. The largest absolute Gasteiger partial charge is 0.587 e. The quantitative estimate of drug-likeness (QED) is 0.659. The lowest BCUT2D eigenvalue weighted by atomic mass is 10.2. The fourth-order valence-corrected chi connectivity index (χ4v) is 3.02. The molecule has 0 spiro atoms. The maximum Gasteiger partial charge on any atom is 0.180 e. The number of aromatic nitrogens is 1. The Kier molecular flexibility index (Phi) is 3.00. The Hall–Kier alpha value is -1.85. The lowest BCUT2D eigenvalue weighted by Crippen LogP contribution is -2.11. The highest BCUT2D eigenvalue weighted by Gasteiger charge is 2.17. The lowest BCUT2D eigenvalue weighted by molar-refractivity contribution is 0.510. The number of hydrogen-bond donors (Lipinski definition) is 0. The minimum Gasteiger partial charge on any atom is -0.587 e. The van der Waals surface area contributed by atoms with Crippen molar-refractivity contribution in [3.8, 4) is 0 Å². The third-order valence-electron chi connectivity index (χ3n) is 2.82. The highest BCUT2D eigenvalue weighted by Crippen LogP contribution is 2.24. The van der Waals surface area contributed by atoms with Gasteiger partial charge in [0.25, 0.3) is 0 Å². The van der Waals surface area contributed by atoms with Crippen LogP contribution in [0.15, 0.2) is 59.6 Å². The van der Waals surface area contributed by atoms with Crippen LogP contribution in [0.4, 0.5) is 8.78 Å². The zero-order chi connectivity index (χ0) is 13.4. The Morgan fingerprint density at radius 1 is 0.947 bits per heavy atom. The molecule has 96 valence electrons. The molecule has 0 N–H and O–H groups in total. The molecule has 1 atom stereocenters. The topological polar surface area (TPSA) is 28.0 Å². The van der Waals surface area contributed by atoms with Crippen molar-refractivity contribution in [2.75, 3.05) is 0 Å². The van der Waals surface area contributed by atoms with E-state index in [1.54, 1.807) is 36.5 Å². The van der Waals surface area contributed by atoms with Gasteiger partial charge in [0.1, 0.15) is 16.9 Å². The molecule has 0 fully saturated rings. The van der Waals surface area contributed by atoms with E-state index in [2.05, 4.69) is 0 Å². The molecule has 2 nitrogen and oxygen atoms in total. The van der Waals surface area contributed by atoms with Crippen molar-refractivity contribution in [1.29, 1.82) is 0 Å². The van der Waals surface area contributed by atoms with E-state index in [0.29, 0.717) is 15.8 Å². The molecule has 0 aliphatic rings. The second kappa shape index (κ2) is 4.68. The van der Waals surface area contributed by atoms with Gasteiger partial charge in [-0.1, -0.05) is 18.2 Å². The van der Waals surface area contributed by atoms with Gasteiger partial charge < -0.3 is 4.55 Å². The molecule has 0 saturated carbocycles. The molecule has 3 aromatic rings. The van der Waals surface area contributed by atoms with Crippen molar-refractivity contribution in [2.45, 2.75) is 4.90 Å². The molecule has 0 radical (unpaired) electrons. The van der Waals surface area contributed by atoms with Crippen LogP contribution in [0.25, 0.3) is 10.9 Å². The van der Waals surface area contributed by atoms with Crippen molar-refractivity contribution in [3.05, 3.63) is 66.4 Å². The smallest absolute Gasteiger partial charge is 0.180 e.